The van der Waals surface area contributed by atoms with Gasteiger partial charge in [-0.15, -0.1) is 0 Å². The van der Waals surface area contributed by atoms with Crippen LogP contribution < -0.4 is 5.32 Å². The number of nitrogens with zero attached hydrogens (tertiary/aromatic N) is 3. The summed E-state index contributed by atoms with van der Waals surface area (Å²) >= 11 is 3.39. The van der Waals surface area contributed by atoms with E-state index in [1.165, 1.54) is 0 Å². The minimum absolute atomic E-state index is 0.339. The molecular weight excluding hydrogens is 320 g/mol. The third-order valence-corrected chi connectivity index (χ3v) is 3.70. The lowest BCUT2D eigenvalue weighted by Crippen LogP contribution is -2.37. The van der Waals surface area contributed by atoms with Crippen molar-refractivity contribution in [2.45, 2.75) is 33.4 Å². The summed E-state index contributed by atoms with van der Waals surface area (Å²) in [6.45, 7) is 8.66. The molecule has 1 N–H and O–H groups in total. The smallest absolute Gasteiger partial charge is 0.155 e. The summed E-state index contributed by atoms with van der Waals surface area (Å²) in [6, 6.07) is 0.339. The van der Waals surface area contributed by atoms with E-state index in [9.17, 15) is 0 Å². The van der Waals surface area contributed by atoms with Crippen LogP contribution in [0.2, 0.25) is 0 Å². The standard InChI is InChI=1S/C14H21BrN4O/c1-4-20-9-12(10(2)3)16-5-11-6-18-14-7-17-13(15)8-19(11)14/h6-8,10,12,16H,4-5,9H2,1-3H3. The Morgan fingerprint density at radius 2 is 2.15 bits per heavy atom. The fourth-order valence-corrected chi connectivity index (χ4v) is 2.32. The van der Waals surface area contributed by atoms with Gasteiger partial charge in [-0.05, 0) is 28.8 Å². The van der Waals surface area contributed by atoms with Gasteiger partial charge in [0.1, 0.15) is 4.60 Å². The summed E-state index contributed by atoms with van der Waals surface area (Å²) in [7, 11) is 0. The van der Waals surface area contributed by atoms with E-state index in [2.05, 4.69) is 45.1 Å². The van der Waals surface area contributed by atoms with Crippen molar-refractivity contribution in [3.63, 3.8) is 0 Å². The van der Waals surface area contributed by atoms with Crippen LogP contribution in [-0.2, 0) is 11.3 Å². The summed E-state index contributed by atoms with van der Waals surface area (Å²) in [4.78, 5) is 8.53. The monoisotopic (exact) mass is 340 g/mol. The average molecular weight is 341 g/mol. The van der Waals surface area contributed by atoms with Gasteiger partial charge in [0.15, 0.2) is 5.65 Å². The molecule has 0 saturated heterocycles. The summed E-state index contributed by atoms with van der Waals surface area (Å²) in [5, 5.41) is 3.55. The van der Waals surface area contributed by atoms with E-state index in [1.54, 1.807) is 6.20 Å². The molecule has 110 valence electrons. The molecule has 1 unspecified atom stereocenters. The van der Waals surface area contributed by atoms with Crippen LogP contribution in [0, 0.1) is 5.92 Å². The summed E-state index contributed by atoms with van der Waals surface area (Å²) in [5.41, 5.74) is 1.97. The highest BCUT2D eigenvalue weighted by molar-refractivity contribution is 9.10. The molecule has 0 bridgehead atoms. The van der Waals surface area contributed by atoms with E-state index in [0.717, 1.165) is 35.7 Å². The van der Waals surface area contributed by atoms with Crippen LogP contribution in [-0.4, -0.2) is 33.6 Å². The Morgan fingerprint density at radius 3 is 2.85 bits per heavy atom. The minimum atomic E-state index is 0.339. The Morgan fingerprint density at radius 1 is 1.35 bits per heavy atom. The largest absolute Gasteiger partial charge is 0.380 e. The van der Waals surface area contributed by atoms with Gasteiger partial charge < -0.3 is 10.1 Å². The van der Waals surface area contributed by atoms with Crippen molar-refractivity contribution >= 4 is 21.6 Å². The van der Waals surface area contributed by atoms with Gasteiger partial charge in [-0.3, -0.25) is 4.40 Å². The molecule has 0 radical (unpaired) electrons. The molecule has 6 heteroatoms. The Balaban J connectivity index is 2.05. The Kier molecular flexibility index (Phi) is 5.51. The summed E-state index contributed by atoms with van der Waals surface area (Å²) in [6.07, 6.45) is 5.58. The SMILES string of the molecule is CCOCC(NCc1cnc2cnc(Br)cn12)C(C)C. The molecule has 2 heterocycles. The first-order chi connectivity index (χ1) is 9.61. The highest BCUT2D eigenvalue weighted by Crippen LogP contribution is 2.11. The maximum absolute atomic E-state index is 5.53. The van der Waals surface area contributed by atoms with E-state index in [4.69, 9.17) is 4.74 Å². The van der Waals surface area contributed by atoms with Gasteiger partial charge >= 0.3 is 0 Å². The van der Waals surface area contributed by atoms with Crippen LogP contribution in [0.5, 0.6) is 0 Å². The number of fused-ring (bicyclic) bond motifs is 1. The number of halogens is 1. The van der Waals surface area contributed by atoms with E-state index >= 15 is 0 Å². The predicted molar refractivity (Wildman–Crippen MR) is 82.6 cm³/mol. The number of nitrogens with one attached hydrogen (secondary N) is 1. The number of hydrogen-bond acceptors (Lipinski definition) is 4. The summed E-state index contributed by atoms with van der Waals surface area (Å²) < 4.78 is 8.38. The van der Waals surface area contributed by atoms with Gasteiger partial charge in [0.25, 0.3) is 0 Å². The highest BCUT2D eigenvalue weighted by Gasteiger charge is 2.14. The van der Waals surface area contributed by atoms with Crippen molar-refractivity contribution in [3.05, 3.63) is 28.9 Å². The van der Waals surface area contributed by atoms with Crippen LogP contribution in [0.15, 0.2) is 23.2 Å². The van der Waals surface area contributed by atoms with Gasteiger partial charge in [0.05, 0.1) is 24.7 Å². The van der Waals surface area contributed by atoms with Crippen LogP contribution >= 0.6 is 15.9 Å². The molecular formula is C14H21BrN4O. The third kappa shape index (κ3) is 3.77. The first kappa shape index (κ1) is 15.4. The second-order valence-corrected chi connectivity index (χ2v) is 5.89. The molecule has 0 aliphatic rings. The summed E-state index contributed by atoms with van der Waals surface area (Å²) in [5.74, 6) is 0.522. The van der Waals surface area contributed by atoms with E-state index in [-0.39, 0.29) is 0 Å². The molecule has 1 atom stereocenters. The van der Waals surface area contributed by atoms with Crippen LogP contribution in [0.25, 0.3) is 5.65 Å². The number of ether oxygens (including phenoxy) is 1. The molecule has 5 nitrogen and oxygen atoms in total. The molecule has 0 aliphatic carbocycles. The van der Waals surface area contributed by atoms with Gasteiger partial charge in [-0.25, -0.2) is 9.97 Å². The quantitative estimate of drug-likeness (QED) is 0.841. The first-order valence-electron chi connectivity index (χ1n) is 6.90. The maximum atomic E-state index is 5.53. The Bertz CT molecular complexity index is 555. The second-order valence-electron chi connectivity index (χ2n) is 5.08. The average Bonchev–Trinajstić information content (AvgIpc) is 2.81. The molecule has 20 heavy (non-hydrogen) atoms. The number of hydrogen-bond donors (Lipinski definition) is 1. The number of imidazole rings is 1. The zero-order chi connectivity index (χ0) is 14.5. The minimum Gasteiger partial charge on any atom is -0.380 e. The fourth-order valence-electron chi connectivity index (χ4n) is 2.01. The lowest BCUT2D eigenvalue weighted by atomic mass is 10.1. The first-order valence-corrected chi connectivity index (χ1v) is 7.69. The molecule has 0 aromatic carbocycles. The molecule has 0 fully saturated rings. The highest BCUT2D eigenvalue weighted by atomic mass is 79.9. The van der Waals surface area contributed by atoms with Crippen molar-refractivity contribution in [3.8, 4) is 0 Å². The number of aromatic nitrogens is 3. The third-order valence-electron chi connectivity index (χ3n) is 3.29. The molecule has 2 rings (SSSR count). The molecule has 0 amide bonds. The van der Waals surface area contributed by atoms with Crippen molar-refractivity contribution in [2.75, 3.05) is 13.2 Å². The van der Waals surface area contributed by atoms with Crippen molar-refractivity contribution in [1.82, 2.24) is 19.7 Å². The molecule has 2 aromatic rings. The molecule has 0 aliphatic heterocycles. The van der Waals surface area contributed by atoms with Crippen molar-refractivity contribution < 1.29 is 4.74 Å². The lowest BCUT2D eigenvalue weighted by Gasteiger charge is -2.22. The lowest BCUT2D eigenvalue weighted by molar-refractivity contribution is 0.107. The fraction of sp³-hybridized carbons (Fsp3) is 0.571. The van der Waals surface area contributed by atoms with Crippen LogP contribution in [0.4, 0.5) is 0 Å². The van der Waals surface area contributed by atoms with Crippen molar-refractivity contribution in [1.29, 1.82) is 0 Å². The number of rotatable bonds is 7. The van der Waals surface area contributed by atoms with Crippen LogP contribution in [0.1, 0.15) is 26.5 Å². The topological polar surface area (TPSA) is 51.5 Å². The van der Waals surface area contributed by atoms with Gasteiger partial charge in [0.2, 0.25) is 0 Å². The van der Waals surface area contributed by atoms with E-state index in [1.807, 2.05) is 23.7 Å². The van der Waals surface area contributed by atoms with Gasteiger partial charge in [-0.1, -0.05) is 13.8 Å². The van der Waals surface area contributed by atoms with Gasteiger partial charge in [0, 0.05) is 25.4 Å². The van der Waals surface area contributed by atoms with Gasteiger partial charge in [-0.2, -0.15) is 0 Å². The second kappa shape index (κ2) is 7.15. The normalized spacial score (nSPS) is 13.2. The predicted octanol–water partition coefficient (Wildman–Crippen LogP) is 2.64. The molecule has 2 aromatic heterocycles. The van der Waals surface area contributed by atoms with Crippen LogP contribution in [0.3, 0.4) is 0 Å². The Labute approximate surface area is 127 Å². The maximum Gasteiger partial charge on any atom is 0.155 e. The Hall–Kier alpha value is -0.980. The zero-order valence-electron chi connectivity index (χ0n) is 12.1. The zero-order valence-corrected chi connectivity index (χ0v) is 13.7. The molecule has 0 saturated carbocycles. The van der Waals surface area contributed by atoms with E-state index in [0.29, 0.717) is 12.0 Å². The van der Waals surface area contributed by atoms with Crippen molar-refractivity contribution in [2.24, 2.45) is 5.92 Å². The molecule has 0 spiro atoms. The van der Waals surface area contributed by atoms with E-state index < -0.39 is 0 Å².